The fourth-order valence-corrected chi connectivity index (χ4v) is 3.79. The van der Waals surface area contributed by atoms with Crippen LogP contribution in [0.5, 0.6) is 5.75 Å². The molecule has 2 amide bonds. The van der Waals surface area contributed by atoms with E-state index >= 15 is 0 Å². The van der Waals surface area contributed by atoms with Gasteiger partial charge in [-0.15, -0.1) is 0 Å². The van der Waals surface area contributed by atoms with Gasteiger partial charge in [0.25, 0.3) is 5.91 Å². The Kier molecular flexibility index (Phi) is 10.8. The molecule has 3 rings (SSSR count). The minimum Gasteiger partial charge on any atom is -0.494 e. The van der Waals surface area contributed by atoms with Gasteiger partial charge in [0.1, 0.15) is 5.75 Å². The zero-order chi connectivity index (χ0) is 25.6. The van der Waals surface area contributed by atoms with Gasteiger partial charge in [0, 0.05) is 23.0 Å². The Hall–Kier alpha value is -3.80. The molecule has 3 aromatic carbocycles. The first-order valence-electron chi connectivity index (χ1n) is 12.8. The van der Waals surface area contributed by atoms with Gasteiger partial charge in [0.15, 0.2) is 0 Å². The number of ether oxygens (including phenoxy) is 1. The van der Waals surface area contributed by atoms with Crippen molar-refractivity contribution in [3.8, 4) is 5.75 Å². The van der Waals surface area contributed by atoms with E-state index in [0.717, 1.165) is 23.4 Å². The molecule has 36 heavy (non-hydrogen) atoms. The van der Waals surface area contributed by atoms with Crippen molar-refractivity contribution in [2.24, 2.45) is 0 Å². The predicted molar refractivity (Wildman–Crippen MR) is 147 cm³/mol. The Morgan fingerprint density at radius 1 is 0.833 bits per heavy atom. The number of rotatable bonds is 14. The molecule has 0 aliphatic carbocycles. The molecule has 0 spiro atoms. The number of carbonyl (C=O) groups is 2. The molecule has 0 heterocycles. The zero-order valence-corrected chi connectivity index (χ0v) is 21.3. The number of nitrogens with one attached hydrogen (secondary N) is 3. The lowest BCUT2D eigenvalue weighted by Crippen LogP contribution is -2.26. The fourth-order valence-electron chi connectivity index (χ4n) is 3.79. The maximum absolute atomic E-state index is 12.6. The van der Waals surface area contributed by atoms with Crippen LogP contribution in [0.1, 0.15) is 67.9 Å². The zero-order valence-electron chi connectivity index (χ0n) is 21.3. The van der Waals surface area contributed by atoms with Crippen LogP contribution < -0.4 is 20.7 Å². The lowest BCUT2D eigenvalue weighted by molar-refractivity contribution is -0.114. The first kappa shape index (κ1) is 26.8. The molecule has 0 aliphatic heterocycles. The molecule has 0 aromatic heterocycles. The van der Waals surface area contributed by atoms with Crippen LogP contribution in [0.2, 0.25) is 0 Å². The van der Waals surface area contributed by atoms with Gasteiger partial charge in [-0.05, 0) is 55.3 Å². The minimum absolute atomic E-state index is 0.0881. The summed E-state index contributed by atoms with van der Waals surface area (Å²) in [4.78, 5) is 25.0. The molecule has 0 aliphatic rings. The maximum Gasteiger partial charge on any atom is 0.251 e. The number of amides is 2. The summed E-state index contributed by atoms with van der Waals surface area (Å²) in [6, 6.07) is 24.3. The molecule has 6 nitrogen and oxygen atoms in total. The quantitative estimate of drug-likeness (QED) is 0.225. The Bertz CT molecular complexity index is 1080. The van der Waals surface area contributed by atoms with Crippen LogP contribution in [-0.2, 0) is 4.79 Å². The molecule has 0 saturated heterocycles. The van der Waals surface area contributed by atoms with Crippen molar-refractivity contribution < 1.29 is 14.3 Å². The lowest BCUT2D eigenvalue weighted by Gasteiger charge is -2.14. The summed E-state index contributed by atoms with van der Waals surface area (Å²) < 4.78 is 5.82. The maximum atomic E-state index is 12.6. The highest BCUT2D eigenvalue weighted by Gasteiger charge is 2.11. The van der Waals surface area contributed by atoms with Crippen LogP contribution in [0.4, 0.5) is 11.4 Å². The second-order valence-corrected chi connectivity index (χ2v) is 8.88. The summed E-state index contributed by atoms with van der Waals surface area (Å²) in [7, 11) is 0. The number of anilines is 2. The van der Waals surface area contributed by atoms with E-state index in [0.29, 0.717) is 17.9 Å². The van der Waals surface area contributed by atoms with Crippen molar-refractivity contribution in [1.82, 2.24) is 5.32 Å². The smallest absolute Gasteiger partial charge is 0.251 e. The Labute approximate surface area is 214 Å². The molecular formula is C30H37N3O3. The summed E-state index contributed by atoms with van der Waals surface area (Å²) >= 11 is 0. The van der Waals surface area contributed by atoms with Crippen molar-refractivity contribution in [2.75, 3.05) is 23.8 Å². The molecule has 190 valence electrons. The van der Waals surface area contributed by atoms with Crippen molar-refractivity contribution in [2.45, 2.75) is 52.0 Å². The van der Waals surface area contributed by atoms with E-state index in [4.69, 9.17) is 4.74 Å². The van der Waals surface area contributed by atoms with Crippen LogP contribution in [0.25, 0.3) is 0 Å². The normalized spacial score (nSPS) is 11.4. The summed E-state index contributed by atoms with van der Waals surface area (Å²) in [5.41, 5.74) is 3.08. The number of hydrogen-bond acceptors (Lipinski definition) is 4. The van der Waals surface area contributed by atoms with Crippen molar-refractivity contribution in [1.29, 1.82) is 0 Å². The van der Waals surface area contributed by atoms with Gasteiger partial charge >= 0.3 is 0 Å². The van der Waals surface area contributed by atoms with Gasteiger partial charge in [0.2, 0.25) is 5.91 Å². The number of carbonyl (C=O) groups excluding carboxylic acids is 2. The molecule has 6 heteroatoms. The fraction of sp³-hybridized carbons (Fsp3) is 0.333. The van der Waals surface area contributed by atoms with E-state index in [9.17, 15) is 9.59 Å². The molecule has 3 N–H and O–H groups in total. The minimum atomic E-state index is -0.162. The highest BCUT2D eigenvalue weighted by molar-refractivity contribution is 5.95. The first-order valence-corrected chi connectivity index (χ1v) is 12.8. The molecule has 0 saturated carbocycles. The summed E-state index contributed by atoms with van der Waals surface area (Å²) in [6.45, 7) is 4.95. The topological polar surface area (TPSA) is 79.5 Å². The van der Waals surface area contributed by atoms with Crippen LogP contribution in [0.15, 0.2) is 78.9 Å². The van der Waals surface area contributed by atoms with E-state index in [1.807, 2.05) is 61.5 Å². The summed E-state index contributed by atoms with van der Waals surface area (Å²) in [5, 5.41) is 8.99. The highest BCUT2D eigenvalue weighted by Crippen LogP contribution is 2.18. The standard InChI is InChI=1S/C30H37N3O3/c1-3-4-5-6-10-20-36-28-15-11-14-27(21-28)33-29(34)22-31-26-18-16-25(17-19-26)30(35)32-23(2)24-12-8-7-9-13-24/h7-9,11-19,21,23,31H,3-6,10,20,22H2,1-2H3,(H,32,35)(H,33,34). The molecule has 1 atom stereocenters. The SMILES string of the molecule is CCCCCCCOc1cccc(NC(=O)CNc2ccc(C(=O)NC(C)c3ccccc3)cc2)c1. The molecule has 0 bridgehead atoms. The summed E-state index contributed by atoms with van der Waals surface area (Å²) in [6.07, 6.45) is 5.95. The first-order chi connectivity index (χ1) is 17.5. The van der Waals surface area contributed by atoms with Crippen LogP contribution >= 0.6 is 0 Å². The average molecular weight is 488 g/mol. The Morgan fingerprint density at radius 2 is 1.58 bits per heavy atom. The van der Waals surface area contributed by atoms with Crippen molar-refractivity contribution in [3.05, 3.63) is 90.0 Å². The third kappa shape index (κ3) is 9.10. The second-order valence-electron chi connectivity index (χ2n) is 8.88. The molecule has 3 aromatic rings. The number of benzene rings is 3. The van der Waals surface area contributed by atoms with E-state index in [2.05, 4.69) is 22.9 Å². The Morgan fingerprint density at radius 3 is 2.33 bits per heavy atom. The molecule has 1 unspecified atom stereocenters. The number of unbranched alkanes of at least 4 members (excludes halogenated alkanes) is 4. The van der Waals surface area contributed by atoms with E-state index < -0.39 is 0 Å². The van der Waals surface area contributed by atoms with Gasteiger partial charge in [-0.1, -0.05) is 69.0 Å². The van der Waals surface area contributed by atoms with Crippen LogP contribution in [0, 0.1) is 0 Å². The van der Waals surface area contributed by atoms with Gasteiger partial charge in [-0.25, -0.2) is 0 Å². The third-order valence-electron chi connectivity index (χ3n) is 5.88. The monoisotopic (exact) mass is 487 g/mol. The molecule has 0 fully saturated rings. The van der Waals surface area contributed by atoms with Gasteiger partial charge in [-0.3, -0.25) is 9.59 Å². The average Bonchev–Trinajstić information content (AvgIpc) is 2.90. The molecular weight excluding hydrogens is 450 g/mol. The van der Waals surface area contributed by atoms with Crippen LogP contribution in [-0.4, -0.2) is 25.0 Å². The largest absolute Gasteiger partial charge is 0.494 e. The second kappa shape index (κ2) is 14.6. The third-order valence-corrected chi connectivity index (χ3v) is 5.88. The van der Waals surface area contributed by atoms with Gasteiger partial charge in [-0.2, -0.15) is 0 Å². The van der Waals surface area contributed by atoms with Gasteiger partial charge in [0.05, 0.1) is 19.2 Å². The van der Waals surface area contributed by atoms with E-state index in [1.54, 1.807) is 24.3 Å². The van der Waals surface area contributed by atoms with Crippen LogP contribution in [0.3, 0.4) is 0 Å². The lowest BCUT2D eigenvalue weighted by atomic mass is 10.1. The summed E-state index contributed by atoms with van der Waals surface area (Å²) in [5.74, 6) is 0.454. The van der Waals surface area contributed by atoms with Gasteiger partial charge < -0.3 is 20.7 Å². The van der Waals surface area contributed by atoms with Crippen molar-refractivity contribution >= 4 is 23.2 Å². The highest BCUT2D eigenvalue weighted by atomic mass is 16.5. The molecule has 0 radical (unpaired) electrons. The number of hydrogen-bond donors (Lipinski definition) is 3. The van der Waals surface area contributed by atoms with E-state index in [-0.39, 0.29) is 24.4 Å². The predicted octanol–water partition coefficient (Wildman–Crippen LogP) is 6.58. The van der Waals surface area contributed by atoms with Crippen molar-refractivity contribution in [3.63, 3.8) is 0 Å². The van der Waals surface area contributed by atoms with E-state index in [1.165, 1.54) is 25.7 Å². The Balaban J connectivity index is 1.41.